The molecule has 1 aliphatic rings. The molecule has 1 heterocycles. The van der Waals surface area contributed by atoms with Gasteiger partial charge in [-0.25, -0.2) is 0 Å². The molecule has 1 fully saturated rings. The number of piperidine rings is 1. The predicted molar refractivity (Wildman–Crippen MR) is 76.8 cm³/mol. The van der Waals surface area contributed by atoms with Crippen LogP contribution in [0.4, 0.5) is 5.69 Å². The van der Waals surface area contributed by atoms with Gasteiger partial charge in [-0.3, -0.25) is 14.5 Å². The Morgan fingerprint density at radius 2 is 2.05 bits per heavy atom. The summed E-state index contributed by atoms with van der Waals surface area (Å²) in [5, 5.41) is 12.2. The molecule has 5 heteroatoms. The minimum atomic E-state index is -0.235. The second-order valence-electron chi connectivity index (χ2n) is 5.19. The number of nitrogens with zero attached hydrogens (tertiary/aromatic N) is 1. The lowest BCUT2D eigenvalue weighted by atomic mass is 10.1. The van der Waals surface area contributed by atoms with Gasteiger partial charge in [0.15, 0.2) is 5.78 Å². The van der Waals surface area contributed by atoms with E-state index in [4.69, 9.17) is 0 Å². The number of anilines is 1. The van der Waals surface area contributed by atoms with Gasteiger partial charge in [0, 0.05) is 24.3 Å². The van der Waals surface area contributed by atoms with Crippen LogP contribution in [0.3, 0.4) is 0 Å². The molecule has 5 nitrogen and oxygen atoms in total. The first-order valence-corrected chi connectivity index (χ1v) is 6.86. The Kier molecular flexibility index (Phi) is 4.87. The third kappa shape index (κ3) is 4.15. The van der Waals surface area contributed by atoms with Crippen molar-refractivity contribution in [1.82, 2.24) is 4.90 Å². The van der Waals surface area contributed by atoms with Crippen molar-refractivity contribution in [1.29, 1.82) is 0 Å². The van der Waals surface area contributed by atoms with Crippen molar-refractivity contribution in [2.75, 3.05) is 25.0 Å². The fraction of sp³-hybridized carbons (Fsp3) is 0.467. The monoisotopic (exact) mass is 276 g/mol. The highest BCUT2D eigenvalue weighted by atomic mass is 16.3. The predicted octanol–water partition coefficient (Wildman–Crippen LogP) is 1.28. The van der Waals surface area contributed by atoms with Crippen LogP contribution in [0.15, 0.2) is 24.3 Å². The Labute approximate surface area is 118 Å². The number of likely N-dealkylation sites (tertiary alicyclic amines) is 1. The number of carbonyl (C=O) groups is 2. The van der Waals surface area contributed by atoms with Gasteiger partial charge in [0.25, 0.3) is 0 Å². The lowest BCUT2D eigenvalue weighted by Crippen LogP contribution is -2.40. The number of carbonyl (C=O) groups excluding carboxylic acids is 2. The largest absolute Gasteiger partial charge is 0.393 e. The summed E-state index contributed by atoms with van der Waals surface area (Å²) in [7, 11) is 0. The van der Waals surface area contributed by atoms with Gasteiger partial charge in [0.1, 0.15) is 0 Å². The van der Waals surface area contributed by atoms with E-state index in [2.05, 4.69) is 5.32 Å². The number of aliphatic hydroxyl groups is 1. The second kappa shape index (κ2) is 6.63. The number of aliphatic hydroxyl groups excluding tert-OH is 1. The van der Waals surface area contributed by atoms with Gasteiger partial charge in [-0.05, 0) is 31.9 Å². The topological polar surface area (TPSA) is 69.6 Å². The zero-order chi connectivity index (χ0) is 14.5. The molecular formula is C15H20N2O3. The molecule has 0 aromatic heterocycles. The highest BCUT2D eigenvalue weighted by molar-refractivity contribution is 5.97. The number of rotatable bonds is 4. The molecule has 0 bridgehead atoms. The Hall–Kier alpha value is -1.72. The van der Waals surface area contributed by atoms with Crippen LogP contribution in [0.1, 0.15) is 30.1 Å². The molecule has 0 saturated carbocycles. The Bertz CT molecular complexity index is 494. The fourth-order valence-corrected chi connectivity index (χ4v) is 2.30. The summed E-state index contributed by atoms with van der Waals surface area (Å²) in [6, 6.07) is 6.93. The molecule has 0 atom stereocenters. The average Bonchev–Trinajstić information content (AvgIpc) is 2.41. The summed E-state index contributed by atoms with van der Waals surface area (Å²) >= 11 is 0. The van der Waals surface area contributed by atoms with Crippen LogP contribution in [-0.2, 0) is 4.79 Å². The SMILES string of the molecule is CC(=O)c1cccc(NC(=O)CN2CCC(O)CC2)c1. The van der Waals surface area contributed by atoms with E-state index in [1.807, 2.05) is 4.90 Å². The first-order chi connectivity index (χ1) is 9.54. The van der Waals surface area contributed by atoms with Crippen molar-refractivity contribution < 1.29 is 14.7 Å². The normalized spacial score (nSPS) is 16.9. The van der Waals surface area contributed by atoms with Crippen molar-refractivity contribution in [3.63, 3.8) is 0 Å². The maximum Gasteiger partial charge on any atom is 0.238 e. The summed E-state index contributed by atoms with van der Waals surface area (Å²) in [6.45, 7) is 3.29. The summed E-state index contributed by atoms with van der Waals surface area (Å²) in [5.74, 6) is -0.117. The Morgan fingerprint density at radius 1 is 1.35 bits per heavy atom. The van der Waals surface area contributed by atoms with E-state index in [1.165, 1.54) is 6.92 Å². The Balaban J connectivity index is 1.88. The Morgan fingerprint density at radius 3 is 2.70 bits per heavy atom. The molecule has 2 N–H and O–H groups in total. The van der Waals surface area contributed by atoms with Gasteiger partial charge in [-0.1, -0.05) is 12.1 Å². The van der Waals surface area contributed by atoms with Crippen LogP contribution in [0.25, 0.3) is 0 Å². The first-order valence-electron chi connectivity index (χ1n) is 6.86. The molecule has 0 unspecified atom stereocenters. The highest BCUT2D eigenvalue weighted by Gasteiger charge is 2.18. The van der Waals surface area contributed by atoms with Crippen LogP contribution in [-0.4, -0.2) is 47.4 Å². The lowest BCUT2D eigenvalue weighted by molar-refractivity contribution is -0.117. The molecule has 1 aromatic carbocycles. The summed E-state index contributed by atoms with van der Waals surface area (Å²) in [4.78, 5) is 25.3. The molecule has 0 radical (unpaired) electrons. The maximum atomic E-state index is 11.9. The van der Waals surface area contributed by atoms with E-state index in [0.717, 1.165) is 13.1 Å². The molecule has 20 heavy (non-hydrogen) atoms. The van der Waals surface area contributed by atoms with E-state index >= 15 is 0 Å². The number of hydrogen-bond acceptors (Lipinski definition) is 4. The minimum Gasteiger partial charge on any atom is -0.393 e. The average molecular weight is 276 g/mol. The zero-order valence-corrected chi connectivity index (χ0v) is 11.6. The smallest absolute Gasteiger partial charge is 0.238 e. The molecule has 1 aromatic rings. The molecule has 0 aliphatic carbocycles. The van der Waals surface area contributed by atoms with E-state index < -0.39 is 0 Å². The van der Waals surface area contributed by atoms with E-state index in [0.29, 0.717) is 30.6 Å². The van der Waals surface area contributed by atoms with Crippen molar-refractivity contribution >= 4 is 17.4 Å². The van der Waals surface area contributed by atoms with E-state index in [1.54, 1.807) is 24.3 Å². The minimum absolute atomic E-state index is 0.0221. The van der Waals surface area contributed by atoms with Crippen LogP contribution < -0.4 is 5.32 Å². The number of ketones is 1. The van der Waals surface area contributed by atoms with Crippen molar-refractivity contribution in [3.05, 3.63) is 29.8 Å². The first kappa shape index (κ1) is 14.7. The standard InChI is InChI=1S/C15H20N2O3/c1-11(18)12-3-2-4-13(9-12)16-15(20)10-17-7-5-14(19)6-8-17/h2-4,9,14,19H,5-8,10H2,1H3,(H,16,20). The van der Waals surface area contributed by atoms with Crippen molar-refractivity contribution in [2.45, 2.75) is 25.9 Å². The van der Waals surface area contributed by atoms with Crippen molar-refractivity contribution in [3.8, 4) is 0 Å². The quantitative estimate of drug-likeness (QED) is 0.813. The number of amides is 1. The zero-order valence-electron chi connectivity index (χ0n) is 11.6. The maximum absolute atomic E-state index is 11.9. The van der Waals surface area contributed by atoms with Crippen LogP contribution in [0.2, 0.25) is 0 Å². The summed E-state index contributed by atoms with van der Waals surface area (Å²) in [6.07, 6.45) is 1.20. The molecule has 1 saturated heterocycles. The number of benzene rings is 1. The molecule has 108 valence electrons. The lowest BCUT2D eigenvalue weighted by Gasteiger charge is -2.28. The number of hydrogen-bond donors (Lipinski definition) is 2. The fourth-order valence-electron chi connectivity index (χ4n) is 2.30. The van der Waals surface area contributed by atoms with Gasteiger partial charge >= 0.3 is 0 Å². The summed E-state index contributed by atoms with van der Waals surface area (Å²) < 4.78 is 0. The second-order valence-corrected chi connectivity index (χ2v) is 5.19. The van der Waals surface area contributed by atoms with Gasteiger partial charge in [-0.2, -0.15) is 0 Å². The third-order valence-corrected chi connectivity index (χ3v) is 3.48. The highest BCUT2D eigenvalue weighted by Crippen LogP contribution is 2.12. The number of Topliss-reactive ketones (excluding diaryl/α,β-unsaturated/α-hetero) is 1. The van der Waals surface area contributed by atoms with Gasteiger partial charge in [-0.15, -0.1) is 0 Å². The van der Waals surface area contributed by atoms with Crippen molar-refractivity contribution in [2.24, 2.45) is 0 Å². The van der Waals surface area contributed by atoms with Gasteiger partial charge in [0.2, 0.25) is 5.91 Å². The van der Waals surface area contributed by atoms with E-state index in [-0.39, 0.29) is 17.8 Å². The summed E-state index contributed by atoms with van der Waals surface area (Å²) in [5.41, 5.74) is 1.23. The third-order valence-electron chi connectivity index (χ3n) is 3.48. The van der Waals surface area contributed by atoms with Gasteiger partial charge < -0.3 is 10.4 Å². The molecule has 0 spiro atoms. The molecule has 1 amide bonds. The van der Waals surface area contributed by atoms with Gasteiger partial charge in [0.05, 0.1) is 12.6 Å². The van der Waals surface area contributed by atoms with Crippen LogP contribution in [0.5, 0.6) is 0 Å². The van der Waals surface area contributed by atoms with E-state index in [9.17, 15) is 14.7 Å². The molecular weight excluding hydrogens is 256 g/mol. The van der Waals surface area contributed by atoms with Crippen LogP contribution >= 0.6 is 0 Å². The molecule has 1 aliphatic heterocycles. The van der Waals surface area contributed by atoms with Crippen LogP contribution in [0, 0.1) is 0 Å². The number of nitrogens with one attached hydrogen (secondary N) is 1. The molecule has 2 rings (SSSR count).